The van der Waals surface area contributed by atoms with Gasteiger partial charge in [0.2, 0.25) is 0 Å². The molecule has 2 aromatic rings. The lowest BCUT2D eigenvalue weighted by molar-refractivity contribution is -0.117. The lowest BCUT2D eigenvalue weighted by atomic mass is 10.2. The molecule has 0 atom stereocenters. The molecule has 2 aromatic heterocycles. The third-order valence-electron chi connectivity index (χ3n) is 2.38. The lowest BCUT2D eigenvalue weighted by Gasteiger charge is -2.17. The monoisotopic (exact) mass is 337 g/mol. The van der Waals surface area contributed by atoms with Gasteiger partial charge in [0.25, 0.3) is 0 Å². The summed E-state index contributed by atoms with van der Waals surface area (Å²) < 4.78 is 50.5. The van der Waals surface area contributed by atoms with E-state index in [1.807, 2.05) is 0 Å². The Kier molecular flexibility index (Phi) is 3.88. The summed E-state index contributed by atoms with van der Waals surface area (Å²) >= 11 is 3.20. The zero-order chi connectivity index (χ0) is 14.0. The Morgan fingerprint density at radius 3 is 2.74 bits per heavy atom. The highest BCUT2D eigenvalue weighted by Gasteiger charge is 2.40. The zero-order valence-electron chi connectivity index (χ0n) is 9.38. The van der Waals surface area contributed by atoms with Crippen LogP contribution in [-0.2, 0) is 0 Å². The van der Waals surface area contributed by atoms with Crippen LogP contribution >= 0.6 is 15.9 Å². The van der Waals surface area contributed by atoms with Crippen LogP contribution in [0.4, 0.5) is 23.2 Å². The summed E-state index contributed by atoms with van der Waals surface area (Å²) in [5.74, 6) is -4.09. The summed E-state index contributed by atoms with van der Waals surface area (Å²) in [6.07, 6.45) is -0.852. The van der Waals surface area contributed by atoms with Crippen molar-refractivity contribution < 1.29 is 17.6 Å². The third-order valence-corrected chi connectivity index (χ3v) is 2.81. The molecule has 0 aliphatic heterocycles. The number of alkyl halides is 4. The Morgan fingerprint density at radius 1 is 1.32 bits per heavy atom. The molecule has 2 rings (SSSR count). The van der Waals surface area contributed by atoms with E-state index in [4.69, 9.17) is 0 Å². The second kappa shape index (κ2) is 5.28. The maximum absolute atomic E-state index is 12.8. The highest BCUT2D eigenvalue weighted by atomic mass is 79.9. The van der Waals surface area contributed by atoms with Crippen LogP contribution in [-0.4, -0.2) is 28.9 Å². The fraction of sp³-hybridized carbons (Fsp3) is 0.273. The van der Waals surface area contributed by atoms with Crippen LogP contribution in [0.5, 0.6) is 0 Å². The summed E-state index contributed by atoms with van der Waals surface area (Å²) in [5.41, 5.74) is 1.05. The maximum atomic E-state index is 12.8. The number of hydrogen-bond donors (Lipinski definition) is 1. The van der Waals surface area contributed by atoms with Crippen molar-refractivity contribution in [3.8, 4) is 0 Å². The summed E-state index contributed by atoms with van der Waals surface area (Å²) in [6.45, 7) is -1.17. The van der Waals surface area contributed by atoms with Gasteiger partial charge in [0.05, 0.1) is 17.7 Å². The quantitative estimate of drug-likeness (QED) is 0.864. The molecule has 0 saturated carbocycles. The second-order valence-corrected chi connectivity index (χ2v) is 4.71. The highest BCUT2D eigenvalue weighted by molar-refractivity contribution is 9.10. The molecule has 3 nitrogen and oxygen atoms in total. The molecule has 0 spiro atoms. The molecule has 0 aliphatic carbocycles. The Balaban J connectivity index is 2.26. The van der Waals surface area contributed by atoms with Crippen LogP contribution in [0, 0.1) is 0 Å². The van der Waals surface area contributed by atoms with Crippen LogP contribution in [0.3, 0.4) is 0 Å². The van der Waals surface area contributed by atoms with Gasteiger partial charge in [0.15, 0.2) is 0 Å². The molecular formula is C11H8BrF4N3. The molecule has 0 saturated heterocycles. The molecule has 0 radical (unpaired) electrons. The van der Waals surface area contributed by atoms with Crippen LogP contribution in [0.15, 0.2) is 29.0 Å². The van der Waals surface area contributed by atoms with Gasteiger partial charge in [0.1, 0.15) is 5.52 Å². The number of anilines is 1. The van der Waals surface area contributed by atoms with Gasteiger partial charge in [-0.25, -0.2) is 8.78 Å². The van der Waals surface area contributed by atoms with Crippen molar-refractivity contribution in [2.45, 2.75) is 12.3 Å². The number of pyridine rings is 2. The van der Waals surface area contributed by atoms with E-state index in [2.05, 4.69) is 31.2 Å². The highest BCUT2D eigenvalue weighted by Crippen LogP contribution is 2.26. The van der Waals surface area contributed by atoms with Gasteiger partial charge in [-0.1, -0.05) is 0 Å². The first-order valence-electron chi connectivity index (χ1n) is 5.20. The van der Waals surface area contributed by atoms with Crippen LogP contribution in [0.25, 0.3) is 11.0 Å². The van der Waals surface area contributed by atoms with Gasteiger partial charge < -0.3 is 5.32 Å². The molecule has 0 aromatic carbocycles. The largest absolute Gasteiger partial charge is 0.377 e. The maximum Gasteiger partial charge on any atom is 0.324 e. The van der Waals surface area contributed by atoms with Crippen molar-refractivity contribution in [1.29, 1.82) is 0 Å². The van der Waals surface area contributed by atoms with Crippen molar-refractivity contribution in [2.75, 3.05) is 11.9 Å². The lowest BCUT2D eigenvalue weighted by Crippen LogP contribution is -2.34. The molecule has 8 heteroatoms. The first-order valence-corrected chi connectivity index (χ1v) is 5.99. The van der Waals surface area contributed by atoms with E-state index in [1.54, 1.807) is 6.07 Å². The molecule has 0 bridgehead atoms. The first kappa shape index (κ1) is 14.0. The number of nitrogens with one attached hydrogen (secondary N) is 1. The summed E-state index contributed by atoms with van der Waals surface area (Å²) in [4.78, 5) is 8.04. The predicted molar refractivity (Wildman–Crippen MR) is 66.7 cm³/mol. The number of aromatic nitrogens is 2. The van der Waals surface area contributed by atoms with Gasteiger partial charge in [-0.05, 0) is 28.1 Å². The molecule has 0 unspecified atom stereocenters. The fourth-order valence-electron chi connectivity index (χ4n) is 1.44. The molecule has 0 amide bonds. The van der Waals surface area contributed by atoms with Gasteiger partial charge in [-0.15, -0.1) is 0 Å². The SMILES string of the molecule is FC(F)C(F)(F)CNc1ccnc2cc(Br)cnc12. The van der Waals surface area contributed by atoms with Crippen LogP contribution in [0.2, 0.25) is 0 Å². The van der Waals surface area contributed by atoms with E-state index >= 15 is 0 Å². The van der Waals surface area contributed by atoms with Gasteiger partial charge in [-0.2, -0.15) is 8.78 Å². The van der Waals surface area contributed by atoms with Gasteiger partial charge >= 0.3 is 12.3 Å². The van der Waals surface area contributed by atoms with E-state index in [0.29, 0.717) is 15.5 Å². The van der Waals surface area contributed by atoms with E-state index in [9.17, 15) is 17.6 Å². The summed E-state index contributed by atoms with van der Waals surface area (Å²) in [5, 5.41) is 2.28. The van der Waals surface area contributed by atoms with Gasteiger partial charge in [-0.3, -0.25) is 9.97 Å². The van der Waals surface area contributed by atoms with Crippen LogP contribution in [0.1, 0.15) is 0 Å². The Bertz CT molecular complexity index is 591. The molecule has 2 heterocycles. The minimum atomic E-state index is -4.09. The second-order valence-electron chi connectivity index (χ2n) is 3.80. The third kappa shape index (κ3) is 3.12. The number of halogens is 5. The minimum Gasteiger partial charge on any atom is -0.377 e. The van der Waals surface area contributed by atoms with Crippen molar-refractivity contribution in [3.05, 3.63) is 29.0 Å². The molecule has 102 valence electrons. The minimum absolute atomic E-state index is 0.234. The first-order chi connectivity index (χ1) is 8.90. The smallest absolute Gasteiger partial charge is 0.324 e. The Labute approximate surface area is 114 Å². The molecular weight excluding hydrogens is 330 g/mol. The number of nitrogens with zero attached hydrogens (tertiary/aromatic N) is 2. The van der Waals surface area contributed by atoms with E-state index in [-0.39, 0.29) is 5.69 Å². The zero-order valence-corrected chi connectivity index (χ0v) is 11.0. The normalized spacial score (nSPS) is 12.1. The van der Waals surface area contributed by atoms with Gasteiger partial charge in [0, 0.05) is 16.9 Å². The van der Waals surface area contributed by atoms with Crippen molar-refractivity contribution in [1.82, 2.24) is 9.97 Å². The average Bonchev–Trinajstić information content (AvgIpc) is 2.35. The Hall–Kier alpha value is -1.44. The average molecular weight is 338 g/mol. The fourth-order valence-corrected chi connectivity index (χ4v) is 1.76. The topological polar surface area (TPSA) is 37.8 Å². The number of hydrogen-bond acceptors (Lipinski definition) is 3. The molecule has 0 aliphatic rings. The summed E-state index contributed by atoms with van der Waals surface area (Å²) in [7, 11) is 0. The molecule has 0 fully saturated rings. The Morgan fingerprint density at radius 2 is 2.05 bits per heavy atom. The van der Waals surface area contributed by atoms with Crippen molar-refractivity contribution in [3.63, 3.8) is 0 Å². The standard InChI is InChI=1S/C11H8BrF4N3/c12-6-3-8-9(18-4-6)7(1-2-17-8)19-5-11(15,16)10(13)14/h1-4,10H,5H2,(H,17,19). The molecule has 19 heavy (non-hydrogen) atoms. The number of rotatable bonds is 4. The van der Waals surface area contributed by atoms with E-state index < -0.39 is 18.9 Å². The van der Waals surface area contributed by atoms with Crippen LogP contribution < -0.4 is 5.32 Å². The number of fused-ring (bicyclic) bond motifs is 1. The summed E-state index contributed by atoms with van der Waals surface area (Å²) in [6, 6.07) is 3.06. The van der Waals surface area contributed by atoms with E-state index in [0.717, 1.165) is 0 Å². The van der Waals surface area contributed by atoms with E-state index in [1.165, 1.54) is 18.5 Å². The van der Waals surface area contributed by atoms with Crippen molar-refractivity contribution >= 4 is 32.7 Å². The predicted octanol–water partition coefficient (Wildman–Crippen LogP) is 3.70. The molecule has 1 N–H and O–H groups in total. The van der Waals surface area contributed by atoms with Crippen molar-refractivity contribution in [2.24, 2.45) is 0 Å².